The molecule has 0 aliphatic heterocycles. The molecule has 0 aliphatic rings. The van der Waals surface area contributed by atoms with Crippen molar-refractivity contribution in [2.45, 2.75) is 6.92 Å². The summed E-state index contributed by atoms with van der Waals surface area (Å²) in [6.45, 7) is 2.63. The summed E-state index contributed by atoms with van der Waals surface area (Å²) in [5.74, 6) is 0.382. The highest BCUT2D eigenvalue weighted by Gasteiger charge is 2.07. The summed E-state index contributed by atoms with van der Waals surface area (Å²) in [5, 5.41) is 2.67. The van der Waals surface area contributed by atoms with Crippen molar-refractivity contribution in [1.29, 1.82) is 0 Å². The van der Waals surface area contributed by atoms with Crippen LogP contribution in [0.3, 0.4) is 0 Å². The molecule has 6 heteroatoms. The molecular weight excluding hydrogens is 196 g/mol. The Labute approximate surface area is 87.3 Å². The molecule has 0 saturated heterocycles. The maximum atomic E-state index is 11.2. The third-order valence-electron chi connectivity index (χ3n) is 1.81. The van der Waals surface area contributed by atoms with Gasteiger partial charge in [-0.2, -0.15) is 0 Å². The Morgan fingerprint density at radius 1 is 1.67 bits per heavy atom. The van der Waals surface area contributed by atoms with Gasteiger partial charge in [0.05, 0.1) is 12.9 Å². The SMILES string of the molecule is CCNC(=O)CN(C)c1cc(=O)[nH]cn1. The van der Waals surface area contributed by atoms with Gasteiger partial charge in [-0.25, -0.2) is 4.98 Å². The average Bonchev–Trinajstić information content (AvgIpc) is 2.18. The van der Waals surface area contributed by atoms with Crippen molar-refractivity contribution in [1.82, 2.24) is 15.3 Å². The first-order valence-electron chi connectivity index (χ1n) is 4.66. The number of nitrogens with one attached hydrogen (secondary N) is 2. The fourth-order valence-electron chi connectivity index (χ4n) is 1.12. The van der Waals surface area contributed by atoms with Gasteiger partial charge in [0.2, 0.25) is 5.91 Å². The zero-order valence-electron chi connectivity index (χ0n) is 8.78. The molecule has 0 fully saturated rings. The highest BCUT2D eigenvalue weighted by Crippen LogP contribution is 2.01. The molecule has 0 spiro atoms. The lowest BCUT2D eigenvalue weighted by Crippen LogP contribution is -2.35. The third kappa shape index (κ3) is 3.41. The summed E-state index contributed by atoms with van der Waals surface area (Å²) < 4.78 is 0. The second-order valence-corrected chi connectivity index (χ2v) is 3.08. The first-order valence-corrected chi connectivity index (χ1v) is 4.66. The lowest BCUT2D eigenvalue weighted by molar-refractivity contribution is -0.119. The predicted molar refractivity (Wildman–Crippen MR) is 56.8 cm³/mol. The molecule has 1 aromatic heterocycles. The maximum absolute atomic E-state index is 11.2. The number of aromatic nitrogens is 2. The van der Waals surface area contributed by atoms with Crippen LogP contribution in [0.4, 0.5) is 5.82 Å². The van der Waals surface area contributed by atoms with E-state index >= 15 is 0 Å². The van der Waals surface area contributed by atoms with Gasteiger partial charge in [-0.05, 0) is 6.92 Å². The van der Waals surface area contributed by atoms with Crippen molar-refractivity contribution in [3.05, 3.63) is 22.7 Å². The van der Waals surface area contributed by atoms with Crippen molar-refractivity contribution in [3.63, 3.8) is 0 Å². The van der Waals surface area contributed by atoms with Crippen LogP contribution in [-0.4, -0.2) is 36.0 Å². The molecule has 6 nitrogen and oxygen atoms in total. The molecule has 0 unspecified atom stereocenters. The molecule has 2 N–H and O–H groups in total. The number of carbonyl (C=O) groups is 1. The fourth-order valence-corrected chi connectivity index (χ4v) is 1.12. The van der Waals surface area contributed by atoms with Gasteiger partial charge < -0.3 is 15.2 Å². The van der Waals surface area contributed by atoms with Crippen molar-refractivity contribution in [2.75, 3.05) is 25.0 Å². The highest BCUT2D eigenvalue weighted by atomic mass is 16.2. The van der Waals surface area contributed by atoms with Gasteiger partial charge in [-0.15, -0.1) is 0 Å². The van der Waals surface area contributed by atoms with E-state index < -0.39 is 0 Å². The largest absolute Gasteiger partial charge is 0.355 e. The van der Waals surface area contributed by atoms with Gasteiger partial charge in [0.1, 0.15) is 5.82 Å². The molecule has 0 atom stereocenters. The van der Waals surface area contributed by atoms with Crippen molar-refractivity contribution >= 4 is 11.7 Å². The van der Waals surface area contributed by atoms with E-state index in [2.05, 4.69) is 15.3 Å². The summed E-state index contributed by atoms with van der Waals surface area (Å²) >= 11 is 0. The Hall–Kier alpha value is -1.85. The van der Waals surface area contributed by atoms with Crippen molar-refractivity contribution in [3.8, 4) is 0 Å². The van der Waals surface area contributed by atoms with Crippen molar-refractivity contribution < 1.29 is 4.79 Å². The van der Waals surface area contributed by atoms with Crippen LogP contribution in [0.25, 0.3) is 0 Å². The summed E-state index contributed by atoms with van der Waals surface area (Å²) in [6, 6.07) is 1.35. The molecule has 1 amide bonds. The van der Waals surface area contributed by atoms with E-state index in [0.717, 1.165) is 0 Å². The third-order valence-corrected chi connectivity index (χ3v) is 1.81. The first kappa shape index (κ1) is 11.2. The molecule has 15 heavy (non-hydrogen) atoms. The summed E-state index contributed by atoms with van der Waals surface area (Å²) in [5.41, 5.74) is -0.234. The number of amides is 1. The van der Waals surface area contributed by atoms with Gasteiger partial charge in [-0.1, -0.05) is 0 Å². The number of nitrogens with zero attached hydrogens (tertiary/aromatic N) is 2. The molecular formula is C9H14N4O2. The van der Waals surface area contributed by atoms with E-state index in [9.17, 15) is 9.59 Å². The smallest absolute Gasteiger partial charge is 0.252 e. The molecule has 0 saturated carbocycles. The first-order chi connectivity index (χ1) is 7.13. The van der Waals surface area contributed by atoms with Gasteiger partial charge in [0, 0.05) is 19.7 Å². The molecule has 82 valence electrons. The number of H-pyrrole nitrogens is 1. The van der Waals surface area contributed by atoms with Crippen LogP contribution in [0.1, 0.15) is 6.92 Å². The maximum Gasteiger partial charge on any atom is 0.252 e. The zero-order chi connectivity index (χ0) is 11.3. The number of carbonyl (C=O) groups excluding carboxylic acids is 1. The molecule has 0 radical (unpaired) electrons. The van der Waals surface area contributed by atoms with E-state index in [1.54, 1.807) is 11.9 Å². The Morgan fingerprint density at radius 2 is 2.40 bits per heavy atom. The normalized spacial score (nSPS) is 9.73. The Bertz CT molecular complexity index is 388. The standard InChI is InChI=1S/C9H14N4O2/c1-3-10-9(15)5-13(2)7-4-8(14)12-6-11-7/h4,6H,3,5H2,1-2H3,(H,10,15)(H,11,12,14). The molecule has 0 aromatic carbocycles. The Kier molecular flexibility index (Phi) is 3.84. The quantitative estimate of drug-likeness (QED) is 0.691. The fraction of sp³-hybridized carbons (Fsp3) is 0.444. The van der Waals surface area contributed by atoms with Crippen LogP contribution < -0.4 is 15.8 Å². The van der Waals surface area contributed by atoms with Crippen LogP contribution in [0.5, 0.6) is 0 Å². The predicted octanol–water partition coefficient (Wildman–Crippen LogP) is -0.658. The van der Waals surface area contributed by atoms with E-state index in [-0.39, 0.29) is 18.0 Å². The minimum atomic E-state index is -0.234. The van der Waals surface area contributed by atoms with Crippen molar-refractivity contribution in [2.24, 2.45) is 0 Å². The Balaban J connectivity index is 2.64. The second kappa shape index (κ2) is 5.14. The number of anilines is 1. The second-order valence-electron chi connectivity index (χ2n) is 3.08. The van der Waals surface area contributed by atoms with E-state index in [0.29, 0.717) is 12.4 Å². The molecule has 1 aromatic rings. The van der Waals surface area contributed by atoms with Crippen LogP contribution in [0.2, 0.25) is 0 Å². The minimum absolute atomic E-state index is 0.0953. The molecule has 0 aliphatic carbocycles. The average molecular weight is 210 g/mol. The van der Waals surface area contributed by atoms with E-state index in [4.69, 9.17) is 0 Å². The summed E-state index contributed by atoms with van der Waals surface area (Å²) in [6.07, 6.45) is 1.31. The zero-order valence-corrected chi connectivity index (χ0v) is 8.78. The van der Waals surface area contributed by atoms with Crippen LogP contribution >= 0.6 is 0 Å². The van der Waals surface area contributed by atoms with Crippen LogP contribution in [-0.2, 0) is 4.79 Å². The number of hydrogen-bond acceptors (Lipinski definition) is 4. The highest BCUT2D eigenvalue weighted by molar-refractivity contribution is 5.80. The topological polar surface area (TPSA) is 78.1 Å². The molecule has 1 heterocycles. The molecule has 1 rings (SSSR count). The number of rotatable bonds is 4. The van der Waals surface area contributed by atoms with E-state index in [1.165, 1.54) is 12.4 Å². The van der Waals surface area contributed by atoms with Crippen LogP contribution in [0, 0.1) is 0 Å². The lowest BCUT2D eigenvalue weighted by Gasteiger charge is -2.16. The summed E-state index contributed by atoms with van der Waals surface area (Å²) in [7, 11) is 1.71. The van der Waals surface area contributed by atoms with Gasteiger partial charge in [0.15, 0.2) is 0 Å². The minimum Gasteiger partial charge on any atom is -0.355 e. The van der Waals surface area contributed by atoms with Gasteiger partial charge >= 0.3 is 0 Å². The van der Waals surface area contributed by atoms with Crippen LogP contribution in [0.15, 0.2) is 17.2 Å². The number of hydrogen-bond donors (Lipinski definition) is 2. The lowest BCUT2D eigenvalue weighted by atomic mass is 10.4. The van der Waals surface area contributed by atoms with Gasteiger partial charge in [-0.3, -0.25) is 9.59 Å². The van der Waals surface area contributed by atoms with E-state index in [1.807, 2.05) is 6.92 Å². The monoisotopic (exact) mass is 210 g/mol. The summed E-state index contributed by atoms with van der Waals surface area (Å²) in [4.78, 5) is 30.2. The Morgan fingerprint density at radius 3 is 3.00 bits per heavy atom. The molecule has 0 bridgehead atoms. The van der Waals surface area contributed by atoms with Gasteiger partial charge in [0.25, 0.3) is 5.56 Å². The number of aromatic amines is 1. The number of likely N-dealkylation sites (N-methyl/N-ethyl adjacent to an activating group) is 2.